The zero-order valence-corrected chi connectivity index (χ0v) is 9.89. The number of hydrogen-bond acceptors (Lipinski definition) is 3. The first-order valence-corrected chi connectivity index (χ1v) is 6.22. The van der Waals surface area contributed by atoms with Gasteiger partial charge in [0.25, 0.3) is 0 Å². The Labute approximate surface area is 97.1 Å². The molecule has 0 amide bonds. The SMILES string of the molecule is CN1CCN(c2ccncc2C2CC2)CC1. The third-order valence-electron chi connectivity index (χ3n) is 3.69. The van der Waals surface area contributed by atoms with Gasteiger partial charge in [-0.3, -0.25) is 4.98 Å². The number of pyridine rings is 1. The minimum Gasteiger partial charge on any atom is -0.369 e. The lowest BCUT2D eigenvalue weighted by Gasteiger charge is -2.35. The van der Waals surface area contributed by atoms with Crippen LogP contribution in [0.3, 0.4) is 0 Å². The van der Waals surface area contributed by atoms with Gasteiger partial charge in [0.05, 0.1) is 0 Å². The van der Waals surface area contributed by atoms with E-state index in [1.54, 1.807) is 0 Å². The predicted molar refractivity (Wildman–Crippen MR) is 65.9 cm³/mol. The maximum atomic E-state index is 4.28. The van der Waals surface area contributed by atoms with Crippen LogP contribution in [0.5, 0.6) is 0 Å². The van der Waals surface area contributed by atoms with Crippen LogP contribution in [0.2, 0.25) is 0 Å². The second kappa shape index (κ2) is 4.06. The Balaban J connectivity index is 1.82. The number of likely N-dealkylation sites (N-methyl/N-ethyl adjacent to an activating group) is 1. The quantitative estimate of drug-likeness (QED) is 0.752. The molecule has 1 aromatic heterocycles. The number of hydrogen-bond donors (Lipinski definition) is 0. The molecule has 0 atom stereocenters. The van der Waals surface area contributed by atoms with E-state index >= 15 is 0 Å². The molecule has 0 aromatic carbocycles. The molecule has 16 heavy (non-hydrogen) atoms. The summed E-state index contributed by atoms with van der Waals surface area (Å²) in [4.78, 5) is 9.20. The fraction of sp³-hybridized carbons (Fsp3) is 0.615. The number of piperazine rings is 1. The van der Waals surface area contributed by atoms with Crippen molar-refractivity contribution in [3.8, 4) is 0 Å². The van der Waals surface area contributed by atoms with Crippen LogP contribution in [0, 0.1) is 0 Å². The zero-order chi connectivity index (χ0) is 11.0. The summed E-state index contributed by atoms with van der Waals surface area (Å²) in [7, 11) is 2.20. The normalized spacial score (nSPS) is 22.4. The van der Waals surface area contributed by atoms with Crippen LogP contribution >= 0.6 is 0 Å². The highest BCUT2D eigenvalue weighted by molar-refractivity contribution is 5.55. The first-order chi connectivity index (χ1) is 7.84. The molecule has 1 aliphatic carbocycles. The Hall–Kier alpha value is -1.09. The van der Waals surface area contributed by atoms with Crippen molar-refractivity contribution in [3.05, 3.63) is 24.0 Å². The minimum absolute atomic E-state index is 0.795. The summed E-state index contributed by atoms with van der Waals surface area (Å²) in [6, 6.07) is 2.19. The van der Waals surface area contributed by atoms with E-state index in [0.717, 1.165) is 19.0 Å². The molecule has 0 radical (unpaired) electrons. The van der Waals surface area contributed by atoms with Crippen molar-refractivity contribution in [3.63, 3.8) is 0 Å². The molecule has 1 saturated carbocycles. The van der Waals surface area contributed by atoms with E-state index in [0.29, 0.717) is 0 Å². The lowest BCUT2D eigenvalue weighted by Crippen LogP contribution is -2.44. The van der Waals surface area contributed by atoms with Gasteiger partial charge in [-0.2, -0.15) is 0 Å². The summed E-state index contributed by atoms with van der Waals surface area (Å²) in [6.07, 6.45) is 6.71. The highest BCUT2D eigenvalue weighted by Gasteiger charge is 2.28. The van der Waals surface area contributed by atoms with E-state index < -0.39 is 0 Å². The Bertz CT molecular complexity index is 365. The van der Waals surface area contributed by atoms with Crippen molar-refractivity contribution < 1.29 is 0 Å². The van der Waals surface area contributed by atoms with Crippen molar-refractivity contribution in [1.29, 1.82) is 0 Å². The molecule has 86 valence electrons. The van der Waals surface area contributed by atoms with Crippen molar-refractivity contribution in [2.45, 2.75) is 18.8 Å². The molecule has 1 saturated heterocycles. The molecule has 0 spiro atoms. The Kier molecular flexibility index (Phi) is 2.56. The maximum Gasteiger partial charge on any atom is 0.0433 e. The van der Waals surface area contributed by atoms with Gasteiger partial charge >= 0.3 is 0 Å². The molecule has 0 unspecified atom stereocenters. The van der Waals surface area contributed by atoms with Gasteiger partial charge in [0.2, 0.25) is 0 Å². The average molecular weight is 217 g/mol. The number of rotatable bonds is 2. The van der Waals surface area contributed by atoms with Crippen LogP contribution in [0.25, 0.3) is 0 Å². The highest BCUT2D eigenvalue weighted by Crippen LogP contribution is 2.43. The highest BCUT2D eigenvalue weighted by atomic mass is 15.2. The smallest absolute Gasteiger partial charge is 0.0433 e. The second-order valence-corrected chi connectivity index (χ2v) is 5.00. The number of anilines is 1. The van der Waals surface area contributed by atoms with Gasteiger partial charge in [-0.25, -0.2) is 0 Å². The van der Waals surface area contributed by atoms with Gasteiger partial charge in [-0.05, 0) is 37.4 Å². The fourth-order valence-corrected chi connectivity index (χ4v) is 2.44. The lowest BCUT2D eigenvalue weighted by molar-refractivity contribution is 0.312. The molecule has 3 nitrogen and oxygen atoms in total. The predicted octanol–water partition coefficient (Wildman–Crippen LogP) is 1.71. The lowest BCUT2D eigenvalue weighted by atomic mass is 10.1. The molecule has 1 aliphatic heterocycles. The summed E-state index contributed by atoms with van der Waals surface area (Å²) < 4.78 is 0. The molecule has 3 rings (SSSR count). The van der Waals surface area contributed by atoms with Crippen LogP contribution in [0.15, 0.2) is 18.5 Å². The van der Waals surface area contributed by atoms with Crippen LogP contribution in [0.4, 0.5) is 5.69 Å². The van der Waals surface area contributed by atoms with Gasteiger partial charge in [-0.15, -0.1) is 0 Å². The Morgan fingerprint density at radius 2 is 1.94 bits per heavy atom. The van der Waals surface area contributed by atoms with E-state index in [4.69, 9.17) is 0 Å². The van der Waals surface area contributed by atoms with Crippen LogP contribution in [-0.4, -0.2) is 43.1 Å². The molecule has 0 bridgehead atoms. The Morgan fingerprint density at radius 1 is 1.19 bits per heavy atom. The summed E-state index contributed by atoms with van der Waals surface area (Å²) in [6.45, 7) is 4.65. The molecular weight excluding hydrogens is 198 g/mol. The fourth-order valence-electron chi connectivity index (χ4n) is 2.44. The van der Waals surface area contributed by atoms with Crippen molar-refractivity contribution in [2.75, 3.05) is 38.1 Å². The van der Waals surface area contributed by atoms with Crippen molar-refractivity contribution in [2.24, 2.45) is 0 Å². The van der Waals surface area contributed by atoms with Crippen molar-refractivity contribution >= 4 is 5.69 Å². The van der Waals surface area contributed by atoms with Crippen LogP contribution in [0.1, 0.15) is 24.3 Å². The molecule has 3 heteroatoms. The number of nitrogens with zero attached hydrogens (tertiary/aromatic N) is 3. The summed E-state index contributed by atoms with van der Waals surface area (Å²) >= 11 is 0. The zero-order valence-electron chi connectivity index (χ0n) is 9.89. The number of aromatic nitrogens is 1. The van der Waals surface area contributed by atoms with Crippen LogP contribution < -0.4 is 4.90 Å². The third-order valence-corrected chi connectivity index (χ3v) is 3.69. The molecule has 2 aliphatic rings. The topological polar surface area (TPSA) is 19.4 Å². The van der Waals surface area contributed by atoms with Gasteiger partial charge in [0, 0.05) is 44.3 Å². The van der Waals surface area contributed by atoms with Crippen molar-refractivity contribution in [1.82, 2.24) is 9.88 Å². The first kappa shape index (κ1) is 10.1. The molecule has 2 fully saturated rings. The summed E-state index contributed by atoms with van der Waals surface area (Å²) in [5.74, 6) is 0.795. The average Bonchev–Trinajstić information content (AvgIpc) is 3.14. The monoisotopic (exact) mass is 217 g/mol. The molecule has 2 heterocycles. The maximum absolute atomic E-state index is 4.28. The largest absolute Gasteiger partial charge is 0.369 e. The van der Waals surface area contributed by atoms with E-state index in [9.17, 15) is 0 Å². The van der Waals surface area contributed by atoms with Gasteiger partial charge in [0.15, 0.2) is 0 Å². The molecule has 1 aromatic rings. The van der Waals surface area contributed by atoms with E-state index in [2.05, 4.69) is 34.1 Å². The standard InChI is InChI=1S/C13H19N3/c1-15-6-8-16(9-7-15)13-4-5-14-10-12(13)11-2-3-11/h4-5,10-11H,2-3,6-9H2,1H3. The van der Waals surface area contributed by atoms with Gasteiger partial charge < -0.3 is 9.80 Å². The van der Waals surface area contributed by atoms with Gasteiger partial charge in [0.1, 0.15) is 0 Å². The minimum atomic E-state index is 0.795. The van der Waals surface area contributed by atoms with E-state index in [1.165, 1.54) is 37.2 Å². The summed E-state index contributed by atoms with van der Waals surface area (Å²) in [5, 5.41) is 0. The van der Waals surface area contributed by atoms with E-state index in [1.807, 2.05) is 6.20 Å². The third kappa shape index (κ3) is 1.92. The van der Waals surface area contributed by atoms with Crippen LogP contribution in [-0.2, 0) is 0 Å². The van der Waals surface area contributed by atoms with E-state index in [-0.39, 0.29) is 0 Å². The second-order valence-electron chi connectivity index (χ2n) is 5.00. The molecular formula is C13H19N3. The summed E-state index contributed by atoms with van der Waals surface area (Å²) in [5.41, 5.74) is 2.91. The van der Waals surface area contributed by atoms with Gasteiger partial charge in [-0.1, -0.05) is 0 Å². The first-order valence-electron chi connectivity index (χ1n) is 6.22. The Morgan fingerprint density at radius 3 is 2.62 bits per heavy atom. The molecule has 0 N–H and O–H groups in total.